The second-order valence-corrected chi connectivity index (χ2v) is 10.3. The molecule has 3 N–H and O–H groups in total. The summed E-state index contributed by atoms with van der Waals surface area (Å²) in [7, 11) is 0. The molecule has 1 aromatic heterocycles. The van der Waals surface area contributed by atoms with Crippen molar-refractivity contribution in [2.45, 2.75) is 39.3 Å². The molecule has 0 saturated heterocycles. The van der Waals surface area contributed by atoms with Crippen molar-refractivity contribution in [3.63, 3.8) is 0 Å². The number of thiazole rings is 1. The Balaban J connectivity index is 1.41. The van der Waals surface area contributed by atoms with Crippen LogP contribution < -0.4 is 25.4 Å². The molecule has 1 aliphatic rings. The molecule has 10 heteroatoms. The van der Waals surface area contributed by atoms with Crippen molar-refractivity contribution in [3.05, 3.63) is 89.2 Å². The summed E-state index contributed by atoms with van der Waals surface area (Å²) in [5.41, 5.74) is 3.75. The van der Waals surface area contributed by atoms with Crippen LogP contribution in [0.15, 0.2) is 66.7 Å². The van der Waals surface area contributed by atoms with Crippen LogP contribution >= 0.6 is 11.3 Å². The maximum absolute atomic E-state index is 14.7. The van der Waals surface area contributed by atoms with E-state index in [1.807, 2.05) is 43.3 Å². The number of benzene rings is 3. The summed E-state index contributed by atoms with van der Waals surface area (Å²) in [5.74, 6) is -0.555. The number of ether oxygens (including phenoxy) is 2. The van der Waals surface area contributed by atoms with Gasteiger partial charge in [-0.1, -0.05) is 47.7 Å². The molecule has 40 heavy (non-hydrogen) atoms. The molecule has 0 spiro atoms. The maximum Gasteiger partial charge on any atom is 0.413 e. The van der Waals surface area contributed by atoms with Gasteiger partial charge >= 0.3 is 6.09 Å². The second-order valence-electron chi connectivity index (χ2n) is 9.36. The number of aromatic nitrogens is 1. The normalized spacial score (nSPS) is 12.5. The average molecular weight is 561 g/mol. The van der Waals surface area contributed by atoms with Crippen LogP contribution in [0.3, 0.4) is 0 Å². The quantitative estimate of drug-likeness (QED) is 0.203. The lowest BCUT2D eigenvalue weighted by Gasteiger charge is -2.10. The van der Waals surface area contributed by atoms with E-state index in [4.69, 9.17) is 9.47 Å². The molecule has 4 aromatic rings. The molecule has 206 valence electrons. The van der Waals surface area contributed by atoms with E-state index < -0.39 is 11.9 Å². The first-order chi connectivity index (χ1) is 19.4. The number of hydrogen-bond donors (Lipinski definition) is 3. The highest BCUT2D eigenvalue weighted by Gasteiger charge is 2.24. The predicted octanol–water partition coefficient (Wildman–Crippen LogP) is 6.58. The summed E-state index contributed by atoms with van der Waals surface area (Å²) in [6, 6.07) is 19.6. The van der Waals surface area contributed by atoms with Crippen molar-refractivity contribution in [2.75, 3.05) is 11.9 Å². The molecule has 3 aromatic carbocycles. The molecule has 0 aliphatic heterocycles. The van der Waals surface area contributed by atoms with Crippen LogP contribution in [0.5, 0.6) is 10.8 Å². The van der Waals surface area contributed by atoms with Gasteiger partial charge in [-0.25, -0.2) is 14.2 Å². The van der Waals surface area contributed by atoms with E-state index in [2.05, 4.69) is 20.9 Å². The van der Waals surface area contributed by atoms with Crippen molar-refractivity contribution in [2.24, 2.45) is 0 Å². The molecule has 1 saturated carbocycles. The van der Waals surface area contributed by atoms with Crippen LogP contribution in [0, 0.1) is 12.7 Å². The number of nitrogens with zero attached hydrogens (tertiary/aromatic N) is 1. The number of carbonyl (C=O) groups excluding carboxylic acids is 2. The lowest BCUT2D eigenvalue weighted by molar-refractivity contribution is 0.0951. The van der Waals surface area contributed by atoms with Crippen molar-refractivity contribution in [1.29, 1.82) is 0 Å². The van der Waals surface area contributed by atoms with Crippen LogP contribution in [-0.4, -0.2) is 29.6 Å². The molecule has 1 fully saturated rings. The molecular formula is C30H29FN4O4S. The second kappa shape index (κ2) is 12.2. The number of aryl methyl sites for hydroxylation is 1. The topological polar surface area (TPSA) is 102 Å². The highest BCUT2D eigenvalue weighted by molar-refractivity contribution is 7.18. The third-order valence-corrected chi connectivity index (χ3v) is 7.07. The van der Waals surface area contributed by atoms with Crippen molar-refractivity contribution < 1.29 is 23.5 Å². The first-order valence-corrected chi connectivity index (χ1v) is 13.8. The summed E-state index contributed by atoms with van der Waals surface area (Å²) in [4.78, 5) is 29.9. The fraction of sp³-hybridized carbons (Fsp3) is 0.233. The van der Waals surface area contributed by atoms with Gasteiger partial charge in [-0.15, -0.1) is 0 Å². The Morgan fingerprint density at radius 3 is 2.60 bits per heavy atom. The first kappa shape index (κ1) is 27.1. The lowest BCUT2D eigenvalue weighted by Crippen LogP contribution is -2.26. The number of carbonyl (C=O) groups is 2. The summed E-state index contributed by atoms with van der Waals surface area (Å²) in [6.45, 7) is 4.30. The fourth-order valence-corrected chi connectivity index (χ4v) is 4.78. The number of rotatable bonds is 10. The van der Waals surface area contributed by atoms with Gasteiger partial charge in [0.15, 0.2) is 16.7 Å². The third kappa shape index (κ3) is 6.76. The van der Waals surface area contributed by atoms with E-state index in [1.54, 1.807) is 25.1 Å². The zero-order chi connectivity index (χ0) is 28.1. The van der Waals surface area contributed by atoms with Gasteiger partial charge in [0.2, 0.25) is 5.06 Å². The fourth-order valence-electron chi connectivity index (χ4n) is 3.93. The Hall–Kier alpha value is -4.44. The van der Waals surface area contributed by atoms with E-state index >= 15 is 0 Å². The van der Waals surface area contributed by atoms with E-state index in [-0.39, 0.29) is 29.3 Å². The standard InChI is InChI=1S/C30H29FN4O4S/c1-3-38-25-14-11-20(15-23(25)31)26-28(39-30(37)32-17-19-7-5-4-6-8-19)40-29(35-26)34-24-16-21(10-9-18(24)2)27(36)33-22-12-13-22/h4-11,14-16,22H,3,12-13,17H2,1-2H3,(H,32,37)(H,33,36)(H,34,35). The number of halogens is 1. The largest absolute Gasteiger partial charge is 0.491 e. The molecule has 0 bridgehead atoms. The van der Waals surface area contributed by atoms with Crippen LogP contribution in [0.25, 0.3) is 11.3 Å². The van der Waals surface area contributed by atoms with E-state index in [9.17, 15) is 14.0 Å². The Labute approximate surface area is 235 Å². The minimum Gasteiger partial charge on any atom is -0.491 e. The third-order valence-electron chi connectivity index (χ3n) is 6.22. The van der Waals surface area contributed by atoms with Crippen molar-refractivity contribution in [3.8, 4) is 22.1 Å². The zero-order valence-corrected chi connectivity index (χ0v) is 22.9. The molecular weight excluding hydrogens is 531 g/mol. The lowest BCUT2D eigenvalue weighted by atomic mass is 10.1. The van der Waals surface area contributed by atoms with Crippen LogP contribution in [0.1, 0.15) is 41.3 Å². The van der Waals surface area contributed by atoms with Gasteiger partial charge in [-0.3, -0.25) is 4.79 Å². The average Bonchev–Trinajstić information content (AvgIpc) is 3.68. The summed E-state index contributed by atoms with van der Waals surface area (Å²) in [6.07, 6.45) is 1.33. The smallest absolute Gasteiger partial charge is 0.413 e. The van der Waals surface area contributed by atoms with Gasteiger partial charge in [0, 0.05) is 29.4 Å². The molecule has 5 rings (SSSR count). The van der Waals surface area contributed by atoms with Gasteiger partial charge in [0.05, 0.1) is 6.61 Å². The van der Waals surface area contributed by atoms with Gasteiger partial charge < -0.3 is 25.4 Å². The SMILES string of the molecule is CCOc1ccc(-c2nc(Nc3cc(C(=O)NC4CC4)ccc3C)sc2OC(=O)NCc2ccccc2)cc1F. The summed E-state index contributed by atoms with van der Waals surface area (Å²) >= 11 is 1.10. The number of hydrogen-bond acceptors (Lipinski definition) is 7. The summed E-state index contributed by atoms with van der Waals surface area (Å²) in [5, 5.41) is 9.57. The van der Waals surface area contributed by atoms with E-state index in [0.29, 0.717) is 34.2 Å². The van der Waals surface area contributed by atoms with Crippen molar-refractivity contribution in [1.82, 2.24) is 15.6 Å². The molecule has 8 nitrogen and oxygen atoms in total. The monoisotopic (exact) mass is 560 g/mol. The van der Waals surface area contributed by atoms with Crippen molar-refractivity contribution >= 4 is 34.2 Å². The van der Waals surface area contributed by atoms with Gasteiger partial charge in [0.25, 0.3) is 5.91 Å². The van der Waals surface area contributed by atoms with Gasteiger partial charge in [-0.05, 0) is 68.1 Å². The molecule has 0 atom stereocenters. The minimum atomic E-state index is -0.665. The minimum absolute atomic E-state index is 0.125. The molecule has 2 amide bonds. The Morgan fingerprint density at radius 2 is 1.88 bits per heavy atom. The predicted molar refractivity (Wildman–Crippen MR) is 153 cm³/mol. The zero-order valence-electron chi connectivity index (χ0n) is 22.1. The number of amides is 2. The van der Waals surface area contributed by atoms with E-state index in [1.165, 1.54) is 12.1 Å². The molecule has 0 unspecified atom stereocenters. The molecule has 1 aliphatic carbocycles. The van der Waals surface area contributed by atoms with Gasteiger partial charge in [-0.2, -0.15) is 0 Å². The Bertz CT molecular complexity index is 1520. The van der Waals surface area contributed by atoms with Gasteiger partial charge in [0.1, 0.15) is 5.69 Å². The molecule has 0 radical (unpaired) electrons. The highest BCUT2D eigenvalue weighted by Crippen LogP contribution is 2.40. The maximum atomic E-state index is 14.7. The number of anilines is 2. The molecule has 1 heterocycles. The first-order valence-electron chi connectivity index (χ1n) is 13.0. The van der Waals surface area contributed by atoms with Crippen LogP contribution in [0.2, 0.25) is 0 Å². The van der Waals surface area contributed by atoms with Crippen LogP contribution in [0.4, 0.5) is 20.0 Å². The summed E-state index contributed by atoms with van der Waals surface area (Å²) < 4.78 is 25.7. The van der Waals surface area contributed by atoms with Crippen LogP contribution in [-0.2, 0) is 6.54 Å². The Kier molecular flexibility index (Phi) is 8.26. The Morgan fingerprint density at radius 1 is 1.07 bits per heavy atom. The number of nitrogens with one attached hydrogen (secondary N) is 3. The van der Waals surface area contributed by atoms with E-state index in [0.717, 1.165) is 35.3 Å². The highest BCUT2D eigenvalue weighted by atomic mass is 32.1.